The molecular weight excluding hydrogens is 308 g/mol. The number of aromatic nitrogens is 4. The zero-order valence-corrected chi connectivity index (χ0v) is 16.0. The fraction of sp³-hybridized carbons (Fsp3) is 0.714. The lowest BCUT2D eigenvalue weighted by atomic mass is 9.40. The first-order valence-electron chi connectivity index (χ1n) is 10.0. The minimum Gasteiger partial charge on any atom is -0.159 e. The van der Waals surface area contributed by atoms with E-state index in [-0.39, 0.29) is 5.41 Å². The summed E-state index contributed by atoms with van der Waals surface area (Å²) in [7, 11) is 0. The number of nitrogens with zero attached hydrogens (tertiary/aromatic N) is 4. The van der Waals surface area contributed by atoms with Crippen LogP contribution in [0.4, 0.5) is 0 Å². The van der Waals surface area contributed by atoms with Gasteiger partial charge in [0, 0.05) is 0 Å². The van der Waals surface area contributed by atoms with Crippen LogP contribution in [0.25, 0.3) is 0 Å². The third-order valence-corrected chi connectivity index (χ3v) is 8.07. The van der Waals surface area contributed by atoms with Crippen molar-refractivity contribution >= 4 is 0 Å². The van der Waals surface area contributed by atoms with E-state index in [0.717, 1.165) is 18.3 Å². The maximum atomic E-state index is 4.88. The number of rotatable bonds is 2. The molecule has 0 radical (unpaired) electrons. The van der Waals surface area contributed by atoms with Crippen molar-refractivity contribution in [2.24, 2.45) is 17.3 Å². The van der Waals surface area contributed by atoms with Gasteiger partial charge in [-0.25, -0.2) is 0 Å². The van der Waals surface area contributed by atoms with Gasteiger partial charge >= 0.3 is 0 Å². The van der Waals surface area contributed by atoms with Crippen LogP contribution in [-0.2, 0) is 18.3 Å². The molecule has 3 saturated carbocycles. The van der Waals surface area contributed by atoms with E-state index >= 15 is 0 Å². The van der Waals surface area contributed by atoms with Crippen molar-refractivity contribution in [3.8, 4) is 0 Å². The molecule has 2 bridgehead atoms. The normalized spacial score (nSPS) is 33.0. The molecule has 4 nitrogen and oxygen atoms in total. The fourth-order valence-electron chi connectivity index (χ4n) is 6.19. The summed E-state index contributed by atoms with van der Waals surface area (Å²) < 4.78 is 0. The summed E-state index contributed by atoms with van der Waals surface area (Å²) in [5, 5.41) is 9.60. The second-order valence-electron chi connectivity index (χ2n) is 9.52. The Morgan fingerprint density at radius 2 is 1.96 bits per heavy atom. The Labute approximate surface area is 150 Å². The molecule has 0 N–H and O–H groups in total. The van der Waals surface area contributed by atoms with Crippen molar-refractivity contribution in [2.45, 2.75) is 78.1 Å². The van der Waals surface area contributed by atoms with E-state index in [1.54, 1.807) is 0 Å². The highest BCUT2D eigenvalue weighted by atomic mass is 15.7. The molecule has 4 heteroatoms. The predicted molar refractivity (Wildman–Crippen MR) is 98.6 cm³/mol. The summed E-state index contributed by atoms with van der Waals surface area (Å²) in [5.74, 6) is 1.71. The zero-order chi connectivity index (χ0) is 17.4. The maximum Gasteiger partial charge on any atom is 0.0681 e. The van der Waals surface area contributed by atoms with Gasteiger partial charge in [0.2, 0.25) is 0 Å². The Morgan fingerprint density at radius 3 is 2.68 bits per heavy atom. The standard InChI is InChI=1S/C21H30N4/c1-14-17-7-5-6-8-18(17)23-25(14)24-13-16(12-22-24)21(4)10-9-15-11-19(21)20(15,2)3/h12-13,15,19H,5-11H2,1-4H3/t15?,19?,21-/m0/s1. The molecule has 0 saturated heterocycles. The van der Waals surface area contributed by atoms with Crippen LogP contribution in [0.3, 0.4) is 0 Å². The third-order valence-electron chi connectivity index (χ3n) is 8.07. The molecule has 3 atom stereocenters. The maximum absolute atomic E-state index is 4.88. The quantitative estimate of drug-likeness (QED) is 0.819. The molecule has 0 aliphatic heterocycles. The molecule has 2 unspecified atom stereocenters. The number of hydrogen-bond donors (Lipinski definition) is 0. The minimum absolute atomic E-state index is 0.261. The van der Waals surface area contributed by atoms with Gasteiger partial charge in [0.05, 0.1) is 23.8 Å². The van der Waals surface area contributed by atoms with Crippen LogP contribution in [0, 0.1) is 24.2 Å². The summed E-state index contributed by atoms with van der Waals surface area (Å²) in [4.78, 5) is 4.01. The van der Waals surface area contributed by atoms with Crippen LogP contribution in [0.15, 0.2) is 12.4 Å². The van der Waals surface area contributed by atoms with Gasteiger partial charge in [-0.05, 0) is 85.7 Å². The van der Waals surface area contributed by atoms with Crippen LogP contribution in [0.1, 0.15) is 75.4 Å². The van der Waals surface area contributed by atoms with Gasteiger partial charge in [0.25, 0.3) is 0 Å². The van der Waals surface area contributed by atoms with E-state index in [9.17, 15) is 0 Å². The van der Waals surface area contributed by atoms with Gasteiger partial charge in [-0.15, -0.1) is 0 Å². The summed E-state index contributed by atoms with van der Waals surface area (Å²) >= 11 is 0. The summed E-state index contributed by atoms with van der Waals surface area (Å²) in [6.07, 6.45) is 13.3. The van der Waals surface area contributed by atoms with Crippen LogP contribution in [0.5, 0.6) is 0 Å². The van der Waals surface area contributed by atoms with Gasteiger partial charge in [0.1, 0.15) is 0 Å². The molecule has 2 heterocycles. The summed E-state index contributed by atoms with van der Waals surface area (Å²) in [6.45, 7) is 9.61. The molecule has 4 aliphatic rings. The average molecular weight is 338 g/mol. The van der Waals surface area contributed by atoms with Crippen molar-refractivity contribution in [1.82, 2.24) is 19.8 Å². The minimum atomic E-state index is 0.261. The topological polar surface area (TPSA) is 35.6 Å². The number of hydrogen-bond acceptors (Lipinski definition) is 2. The van der Waals surface area contributed by atoms with E-state index in [1.807, 2.05) is 9.58 Å². The van der Waals surface area contributed by atoms with E-state index in [4.69, 9.17) is 10.2 Å². The van der Waals surface area contributed by atoms with E-state index in [0.29, 0.717) is 5.41 Å². The largest absolute Gasteiger partial charge is 0.159 e. The van der Waals surface area contributed by atoms with Crippen molar-refractivity contribution in [1.29, 1.82) is 0 Å². The van der Waals surface area contributed by atoms with Crippen molar-refractivity contribution < 1.29 is 0 Å². The van der Waals surface area contributed by atoms with E-state index in [1.165, 1.54) is 61.0 Å². The lowest BCUT2D eigenvalue weighted by molar-refractivity contribution is -0.116. The van der Waals surface area contributed by atoms with E-state index < -0.39 is 0 Å². The molecule has 25 heavy (non-hydrogen) atoms. The molecule has 2 aromatic heterocycles. The van der Waals surface area contributed by atoms with Gasteiger partial charge in [-0.2, -0.15) is 19.8 Å². The first kappa shape index (κ1) is 15.7. The summed E-state index contributed by atoms with van der Waals surface area (Å²) in [5.41, 5.74) is 6.15. The number of fused-ring (bicyclic) bond motifs is 3. The Balaban J connectivity index is 1.51. The molecule has 6 rings (SSSR count). The predicted octanol–water partition coefficient (Wildman–Crippen LogP) is 4.29. The smallest absolute Gasteiger partial charge is 0.0681 e. The average Bonchev–Trinajstić information content (AvgIpc) is 3.20. The first-order chi connectivity index (χ1) is 11.9. The van der Waals surface area contributed by atoms with Gasteiger partial charge in [0.15, 0.2) is 0 Å². The molecule has 0 aromatic carbocycles. The highest BCUT2D eigenvalue weighted by molar-refractivity contribution is 5.29. The van der Waals surface area contributed by atoms with Gasteiger partial charge in [-0.3, -0.25) is 0 Å². The molecule has 4 aliphatic carbocycles. The molecular formula is C21H30N4. The Kier molecular flexibility index (Phi) is 3.12. The molecule has 0 amide bonds. The molecule has 3 fully saturated rings. The molecule has 0 spiro atoms. The van der Waals surface area contributed by atoms with Crippen LogP contribution >= 0.6 is 0 Å². The second kappa shape index (κ2) is 4.99. The van der Waals surface area contributed by atoms with Crippen molar-refractivity contribution in [3.05, 3.63) is 34.9 Å². The Hall–Kier alpha value is -1.58. The highest BCUT2D eigenvalue weighted by Crippen LogP contribution is 2.66. The Bertz CT molecular complexity index is 825. The van der Waals surface area contributed by atoms with Crippen LogP contribution in [0.2, 0.25) is 0 Å². The van der Waals surface area contributed by atoms with Crippen molar-refractivity contribution in [3.63, 3.8) is 0 Å². The first-order valence-corrected chi connectivity index (χ1v) is 10.0. The second-order valence-corrected chi connectivity index (χ2v) is 9.52. The third kappa shape index (κ3) is 2.00. The lowest BCUT2D eigenvalue weighted by Gasteiger charge is -2.64. The zero-order valence-electron chi connectivity index (χ0n) is 16.0. The molecule has 134 valence electrons. The summed E-state index contributed by atoms with van der Waals surface area (Å²) in [6, 6.07) is 0. The van der Waals surface area contributed by atoms with Crippen molar-refractivity contribution in [2.75, 3.05) is 0 Å². The van der Waals surface area contributed by atoms with E-state index in [2.05, 4.69) is 40.1 Å². The fourth-order valence-corrected chi connectivity index (χ4v) is 6.19. The monoisotopic (exact) mass is 338 g/mol. The Morgan fingerprint density at radius 1 is 1.16 bits per heavy atom. The molecule has 2 aromatic rings. The van der Waals surface area contributed by atoms with Crippen LogP contribution < -0.4 is 0 Å². The van der Waals surface area contributed by atoms with Gasteiger partial charge in [-0.1, -0.05) is 20.8 Å². The lowest BCUT2D eigenvalue weighted by Crippen LogP contribution is -2.58. The van der Waals surface area contributed by atoms with Gasteiger partial charge < -0.3 is 0 Å². The SMILES string of the molecule is Cc1c2c(nn1-n1cc([C@]3(C)CCC4CC3C4(C)C)cn1)CCCC2. The number of aryl methyl sites for hydroxylation is 1. The van der Waals surface area contributed by atoms with Crippen LogP contribution in [-0.4, -0.2) is 19.8 Å². The highest BCUT2D eigenvalue weighted by Gasteiger charge is 2.59.